The van der Waals surface area contributed by atoms with E-state index in [1.165, 1.54) is 96.3 Å². The Labute approximate surface area is 138 Å². The summed E-state index contributed by atoms with van der Waals surface area (Å²) in [5, 5.41) is 0. The molecule has 0 unspecified atom stereocenters. The number of hydrogen-bond acceptors (Lipinski definition) is 2. The Hall–Kier alpha value is -0.570. The van der Waals surface area contributed by atoms with Gasteiger partial charge >= 0.3 is 0 Å². The highest BCUT2D eigenvalue weighted by atomic mass is 16.6. The number of rotatable bonds is 19. The number of nitrogens with one attached hydrogen (secondary N) is 1. The Morgan fingerprint density at radius 2 is 1.00 bits per heavy atom. The van der Waals surface area contributed by atoms with Gasteiger partial charge in [0.05, 0.1) is 6.61 Å². The summed E-state index contributed by atoms with van der Waals surface area (Å²) in [5.41, 5.74) is 2.22. The van der Waals surface area contributed by atoms with E-state index in [0.29, 0.717) is 13.0 Å². The molecule has 0 saturated heterocycles. The lowest BCUT2D eigenvalue weighted by Crippen LogP contribution is -2.12. The smallest absolute Gasteiger partial charge is 0.230 e. The van der Waals surface area contributed by atoms with Gasteiger partial charge in [0.25, 0.3) is 0 Å². The number of carbonyl (C=O) groups is 1. The maximum absolute atomic E-state index is 9.94. The second-order valence-corrected chi connectivity index (χ2v) is 6.39. The van der Waals surface area contributed by atoms with Crippen molar-refractivity contribution in [3.8, 4) is 0 Å². The average Bonchev–Trinajstić information content (AvgIpc) is 2.54. The molecule has 0 saturated carbocycles. The van der Waals surface area contributed by atoms with E-state index in [0.717, 1.165) is 6.42 Å². The molecule has 1 amide bonds. The molecule has 0 radical (unpaired) electrons. The van der Waals surface area contributed by atoms with Crippen molar-refractivity contribution in [2.24, 2.45) is 0 Å². The van der Waals surface area contributed by atoms with Gasteiger partial charge in [0.15, 0.2) is 0 Å². The van der Waals surface area contributed by atoms with E-state index in [1.54, 1.807) is 0 Å². The molecular formula is C19H39NO2. The van der Waals surface area contributed by atoms with Crippen LogP contribution >= 0.6 is 0 Å². The molecule has 0 fully saturated rings. The lowest BCUT2D eigenvalue weighted by molar-refractivity contribution is -0.120. The summed E-state index contributed by atoms with van der Waals surface area (Å²) in [5.74, 6) is 0. The molecule has 3 nitrogen and oxygen atoms in total. The zero-order valence-electron chi connectivity index (χ0n) is 14.9. The molecule has 0 rings (SSSR count). The van der Waals surface area contributed by atoms with Gasteiger partial charge in [-0.1, -0.05) is 103 Å². The van der Waals surface area contributed by atoms with Gasteiger partial charge in [-0.25, -0.2) is 5.48 Å². The summed E-state index contributed by atoms with van der Waals surface area (Å²) in [7, 11) is 0. The van der Waals surface area contributed by atoms with E-state index in [9.17, 15) is 4.79 Å². The third kappa shape index (κ3) is 19.4. The van der Waals surface area contributed by atoms with Crippen LogP contribution in [0.2, 0.25) is 0 Å². The van der Waals surface area contributed by atoms with Crippen LogP contribution in [0.3, 0.4) is 0 Å². The molecule has 0 spiro atoms. The van der Waals surface area contributed by atoms with Crippen molar-refractivity contribution in [2.75, 3.05) is 6.61 Å². The van der Waals surface area contributed by atoms with Crippen LogP contribution in [0.25, 0.3) is 0 Å². The van der Waals surface area contributed by atoms with Crippen LogP contribution < -0.4 is 5.48 Å². The second kappa shape index (κ2) is 20.4. The van der Waals surface area contributed by atoms with E-state index >= 15 is 0 Å². The average molecular weight is 314 g/mol. The third-order valence-electron chi connectivity index (χ3n) is 4.23. The fourth-order valence-corrected chi connectivity index (χ4v) is 2.82. The predicted molar refractivity (Wildman–Crippen MR) is 94.7 cm³/mol. The lowest BCUT2D eigenvalue weighted by Gasteiger charge is -2.03. The normalized spacial score (nSPS) is 10.8. The molecule has 22 heavy (non-hydrogen) atoms. The standard InChI is InChI=1S/C19H39NO2/c1-2-3-4-5-6-7-8-9-10-11-12-13-14-15-16-17-18-22-20-19-21/h19H,2-18H2,1H3,(H,20,21). The minimum absolute atomic E-state index is 0.576. The molecule has 1 N–H and O–H groups in total. The number of carbonyl (C=O) groups excluding carboxylic acids is 1. The minimum atomic E-state index is 0.576. The van der Waals surface area contributed by atoms with Gasteiger partial charge in [0.1, 0.15) is 0 Å². The van der Waals surface area contributed by atoms with Crippen LogP contribution in [-0.4, -0.2) is 13.0 Å². The van der Waals surface area contributed by atoms with Gasteiger partial charge in [-0.2, -0.15) is 0 Å². The first-order chi connectivity index (χ1) is 10.9. The molecule has 0 aliphatic rings. The summed E-state index contributed by atoms with van der Waals surface area (Å²) in [6, 6.07) is 0. The Balaban J connectivity index is 2.92. The molecular weight excluding hydrogens is 274 g/mol. The summed E-state index contributed by atoms with van der Waals surface area (Å²) in [6.07, 6.45) is 22.5. The van der Waals surface area contributed by atoms with Crippen molar-refractivity contribution in [3.05, 3.63) is 0 Å². The van der Waals surface area contributed by atoms with Gasteiger partial charge in [0, 0.05) is 0 Å². The lowest BCUT2D eigenvalue weighted by atomic mass is 10.0. The summed E-state index contributed by atoms with van der Waals surface area (Å²) in [6.45, 7) is 2.92. The van der Waals surface area contributed by atoms with Crippen molar-refractivity contribution in [2.45, 2.75) is 110 Å². The van der Waals surface area contributed by atoms with Gasteiger partial charge in [-0.3, -0.25) is 9.63 Å². The van der Waals surface area contributed by atoms with Gasteiger partial charge in [-0.15, -0.1) is 0 Å². The van der Waals surface area contributed by atoms with Crippen molar-refractivity contribution in [3.63, 3.8) is 0 Å². The van der Waals surface area contributed by atoms with Crippen molar-refractivity contribution >= 4 is 6.41 Å². The molecule has 3 heteroatoms. The molecule has 0 aromatic heterocycles. The molecule has 132 valence electrons. The van der Waals surface area contributed by atoms with Crippen molar-refractivity contribution in [1.82, 2.24) is 5.48 Å². The topological polar surface area (TPSA) is 38.3 Å². The van der Waals surface area contributed by atoms with E-state index in [2.05, 4.69) is 12.4 Å². The summed E-state index contributed by atoms with van der Waals surface area (Å²) < 4.78 is 0. The van der Waals surface area contributed by atoms with E-state index in [4.69, 9.17) is 4.84 Å². The Kier molecular flexibility index (Phi) is 19.9. The highest BCUT2D eigenvalue weighted by Gasteiger charge is 1.94. The summed E-state index contributed by atoms with van der Waals surface area (Å²) >= 11 is 0. The first-order valence-corrected chi connectivity index (χ1v) is 9.72. The molecule has 0 bridgehead atoms. The first kappa shape index (κ1) is 21.4. The van der Waals surface area contributed by atoms with E-state index < -0.39 is 0 Å². The minimum Gasteiger partial charge on any atom is -0.277 e. The number of amides is 1. The Morgan fingerprint density at radius 1 is 0.636 bits per heavy atom. The number of unbranched alkanes of at least 4 members (excludes halogenated alkanes) is 15. The van der Waals surface area contributed by atoms with Crippen molar-refractivity contribution < 1.29 is 9.63 Å². The fourth-order valence-electron chi connectivity index (χ4n) is 2.82. The van der Waals surface area contributed by atoms with Crippen LogP contribution in [0.5, 0.6) is 0 Å². The zero-order valence-corrected chi connectivity index (χ0v) is 14.9. The van der Waals surface area contributed by atoms with Crippen molar-refractivity contribution in [1.29, 1.82) is 0 Å². The summed E-state index contributed by atoms with van der Waals surface area (Å²) in [4.78, 5) is 14.8. The van der Waals surface area contributed by atoms with Crippen LogP contribution in [0.15, 0.2) is 0 Å². The molecule has 0 aliphatic carbocycles. The van der Waals surface area contributed by atoms with E-state index in [1.807, 2.05) is 0 Å². The Morgan fingerprint density at radius 3 is 1.36 bits per heavy atom. The largest absolute Gasteiger partial charge is 0.277 e. The molecule has 0 heterocycles. The number of hydrogen-bond donors (Lipinski definition) is 1. The zero-order chi connectivity index (χ0) is 16.1. The SMILES string of the molecule is CCCCCCCCCCCCCCCCCCONC=O. The number of hydroxylamine groups is 1. The highest BCUT2D eigenvalue weighted by Crippen LogP contribution is 2.13. The quantitative estimate of drug-likeness (QED) is 0.182. The fraction of sp³-hybridized carbons (Fsp3) is 0.947. The first-order valence-electron chi connectivity index (χ1n) is 9.72. The molecule has 0 aromatic carbocycles. The molecule has 0 atom stereocenters. The molecule has 0 aromatic rings. The third-order valence-corrected chi connectivity index (χ3v) is 4.23. The van der Waals surface area contributed by atoms with Crippen LogP contribution in [0.1, 0.15) is 110 Å². The van der Waals surface area contributed by atoms with Crippen LogP contribution in [-0.2, 0) is 9.63 Å². The Bertz CT molecular complexity index is 210. The van der Waals surface area contributed by atoms with Crippen LogP contribution in [0, 0.1) is 0 Å². The van der Waals surface area contributed by atoms with Gasteiger partial charge < -0.3 is 0 Å². The highest BCUT2D eigenvalue weighted by molar-refractivity contribution is 5.43. The second-order valence-electron chi connectivity index (χ2n) is 6.39. The maximum Gasteiger partial charge on any atom is 0.230 e. The molecule has 0 aliphatic heterocycles. The maximum atomic E-state index is 9.94. The van der Waals surface area contributed by atoms with Gasteiger partial charge in [-0.05, 0) is 6.42 Å². The van der Waals surface area contributed by atoms with Gasteiger partial charge in [0.2, 0.25) is 6.41 Å². The van der Waals surface area contributed by atoms with Crippen LogP contribution in [0.4, 0.5) is 0 Å². The monoisotopic (exact) mass is 313 g/mol. The predicted octanol–water partition coefficient (Wildman–Crippen LogP) is 5.93. The van der Waals surface area contributed by atoms with E-state index in [-0.39, 0.29) is 0 Å².